The zero-order chi connectivity index (χ0) is 16.6. The molecule has 118 valence electrons. The first-order valence-electron chi connectivity index (χ1n) is 7.70. The summed E-state index contributed by atoms with van der Waals surface area (Å²) in [6.07, 6.45) is 2.54. The Morgan fingerprint density at radius 3 is 2.78 bits per heavy atom. The maximum atomic E-state index is 12.4. The molecule has 0 bridgehead atoms. The van der Waals surface area contributed by atoms with Crippen LogP contribution in [0.1, 0.15) is 36.3 Å². The van der Waals surface area contributed by atoms with E-state index in [1.807, 2.05) is 45.0 Å². The molecule has 4 nitrogen and oxygen atoms in total. The van der Waals surface area contributed by atoms with Gasteiger partial charge in [0.1, 0.15) is 5.69 Å². The summed E-state index contributed by atoms with van der Waals surface area (Å²) in [5.74, 6) is 0.0227. The smallest absolute Gasteiger partial charge is 0.185 e. The highest BCUT2D eigenvalue weighted by molar-refractivity contribution is 7.80. The van der Waals surface area contributed by atoms with Gasteiger partial charge in [-0.15, -0.1) is 12.6 Å². The Bertz CT molecular complexity index is 885. The van der Waals surface area contributed by atoms with Crippen LogP contribution in [0, 0.1) is 12.8 Å². The summed E-state index contributed by atoms with van der Waals surface area (Å²) in [6.45, 7) is 5.95. The standard InChI is InChI=1S/C18H19N3OS/c1-4-11(2)18(22)14-10-17-19-8-7-15(21(17)20-14)13-6-5-12(3)16(23)9-13/h5-11,23H,4H2,1-3H3/t11-/m1/s1. The van der Waals surface area contributed by atoms with Gasteiger partial charge in [0, 0.05) is 28.6 Å². The SMILES string of the molecule is CC[C@@H](C)C(=O)c1cc2nccc(-c3ccc(C)c(S)c3)n2n1. The molecule has 1 atom stereocenters. The minimum Gasteiger partial charge on any atom is -0.292 e. The van der Waals surface area contributed by atoms with Gasteiger partial charge in [-0.2, -0.15) is 5.10 Å². The molecule has 0 spiro atoms. The minimum absolute atomic E-state index is 0.0354. The Balaban J connectivity index is 2.13. The summed E-state index contributed by atoms with van der Waals surface area (Å²) in [4.78, 5) is 17.6. The highest BCUT2D eigenvalue weighted by atomic mass is 32.1. The van der Waals surface area contributed by atoms with Crippen molar-refractivity contribution in [1.29, 1.82) is 0 Å². The third-order valence-corrected chi connectivity index (χ3v) is 4.66. The molecule has 2 heterocycles. The van der Waals surface area contributed by atoms with Crippen molar-refractivity contribution in [1.82, 2.24) is 14.6 Å². The molecular weight excluding hydrogens is 306 g/mol. The third-order valence-electron chi connectivity index (χ3n) is 4.18. The van der Waals surface area contributed by atoms with Crippen molar-refractivity contribution >= 4 is 24.1 Å². The van der Waals surface area contributed by atoms with Crippen molar-refractivity contribution < 1.29 is 4.79 Å². The lowest BCUT2D eigenvalue weighted by Gasteiger charge is -2.07. The number of hydrogen-bond donors (Lipinski definition) is 1. The lowest BCUT2D eigenvalue weighted by atomic mass is 10.0. The van der Waals surface area contributed by atoms with Gasteiger partial charge in [-0.1, -0.05) is 26.0 Å². The molecule has 0 aliphatic rings. The number of Topliss-reactive ketones (excluding diaryl/α,β-unsaturated/α-hetero) is 1. The maximum absolute atomic E-state index is 12.4. The second-order valence-electron chi connectivity index (χ2n) is 5.80. The summed E-state index contributed by atoms with van der Waals surface area (Å²) < 4.78 is 1.73. The molecule has 0 saturated heterocycles. The summed E-state index contributed by atoms with van der Waals surface area (Å²) in [5.41, 5.74) is 4.16. The topological polar surface area (TPSA) is 47.3 Å². The van der Waals surface area contributed by atoms with E-state index in [-0.39, 0.29) is 11.7 Å². The molecule has 3 aromatic rings. The van der Waals surface area contributed by atoms with Gasteiger partial charge in [0.25, 0.3) is 0 Å². The predicted octanol–water partition coefficient (Wildman–Crippen LogP) is 4.22. The van der Waals surface area contributed by atoms with Gasteiger partial charge >= 0.3 is 0 Å². The normalized spacial score (nSPS) is 12.5. The second-order valence-corrected chi connectivity index (χ2v) is 6.29. The largest absolute Gasteiger partial charge is 0.292 e. The molecule has 0 unspecified atom stereocenters. The first-order valence-corrected chi connectivity index (χ1v) is 8.15. The second kappa shape index (κ2) is 6.16. The Hall–Kier alpha value is -2.14. The highest BCUT2D eigenvalue weighted by Gasteiger charge is 2.18. The van der Waals surface area contributed by atoms with Crippen LogP contribution in [0.25, 0.3) is 16.9 Å². The van der Waals surface area contributed by atoms with Crippen molar-refractivity contribution in [3.8, 4) is 11.3 Å². The molecule has 0 radical (unpaired) electrons. The summed E-state index contributed by atoms with van der Waals surface area (Å²) >= 11 is 4.49. The number of aromatic nitrogens is 3. The number of hydrogen-bond acceptors (Lipinski definition) is 4. The Kier molecular flexibility index (Phi) is 4.22. The van der Waals surface area contributed by atoms with Gasteiger partial charge in [0.2, 0.25) is 0 Å². The van der Waals surface area contributed by atoms with Gasteiger partial charge in [-0.05, 0) is 31.0 Å². The number of aryl methyl sites for hydroxylation is 1. The molecule has 0 amide bonds. The zero-order valence-corrected chi connectivity index (χ0v) is 14.3. The van der Waals surface area contributed by atoms with Crippen LogP contribution in [0.2, 0.25) is 0 Å². The molecule has 0 aliphatic heterocycles. The van der Waals surface area contributed by atoms with Gasteiger partial charge in [-0.3, -0.25) is 4.79 Å². The van der Waals surface area contributed by atoms with E-state index in [1.165, 1.54) is 0 Å². The number of benzene rings is 1. The third kappa shape index (κ3) is 2.88. The van der Waals surface area contributed by atoms with Crippen LogP contribution in [0.3, 0.4) is 0 Å². The van der Waals surface area contributed by atoms with Crippen molar-refractivity contribution in [2.75, 3.05) is 0 Å². The van der Waals surface area contributed by atoms with E-state index in [0.717, 1.165) is 28.1 Å². The Morgan fingerprint density at radius 2 is 2.09 bits per heavy atom. The Morgan fingerprint density at radius 1 is 1.30 bits per heavy atom. The molecule has 0 saturated carbocycles. The van der Waals surface area contributed by atoms with Crippen LogP contribution in [-0.4, -0.2) is 20.4 Å². The van der Waals surface area contributed by atoms with E-state index in [2.05, 4.69) is 22.7 Å². The van der Waals surface area contributed by atoms with E-state index in [9.17, 15) is 4.79 Å². The Labute approximate surface area is 141 Å². The molecule has 3 rings (SSSR count). The highest BCUT2D eigenvalue weighted by Crippen LogP contribution is 2.25. The summed E-state index contributed by atoms with van der Waals surface area (Å²) in [6, 6.07) is 9.72. The number of carbonyl (C=O) groups excluding carboxylic acids is 1. The maximum Gasteiger partial charge on any atom is 0.185 e. The first kappa shape index (κ1) is 15.7. The van der Waals surface area contributed by atoms with Crippen molar-refractivity contribution in [2.45, 2.75) is 32.1 Å². The number of rotatable bonds is 4. The fourth-order valence-corrected chi connectivity index (χ4v) is 2.65. The number of carbonyl (C=O) groups is 1. The average molecular weight is 325 g/mol. The van der Waals surface area contributed by atoms with E-state index in [4.69, 9.17) is 0 Å². The number of fused-ring (bicyclic) bond motifs is 1. The summed E-state index contributed by atoms with van der Waals surface area (Å²) in [5, 5.41) is 4.49. The van der Waals surface area contributed by atoms with Gasteiger partial charge in [0.05, 0.1) is 5.69 Å². The number of nitrogens with zero attached hydrogens (tertiary/aromatic N) is 3. The van der Waals surface area contributed by atoms with Crippen LogP contribution in [0.15, 0.2) is 41.4 Å². The van der Waals surface area contributed by atoms with Crippen LogP contribution < -0.4 is 0 Å². The quantitative estimate of drug-likeness (QED) is 0.577. The lowest BCUT2D eigenvalue weighted by molar-refractivity contribution is 0.0922. The van der Waals surface area contributed by atoms with E-state index < -0.39 is 0 Å². The van der Waals surface area contributed by atoms with Gasteiger partial charge in [-0.25, -0.2) is 9.50 Å². The van der Waals surface area contributed by atoms with Crippen molar-refractivity contribution in [3.05, 3.63) is 47.8 Å². The van der Waals surface area contributed by atoms with Crippen molar-refractivity contribution in [3.63, 3.8) is 0 Å². The van der Waals surface area contributed by atoms with Crippen molar-refractivity contribution in [2.24, 2.45) is 5.92 Å². The van der Waals surface area contributed by atoms with Gasteiger partial charge < -0.3 is 0 Å². The van der Waals surface area contributed by atoms with E-state index in [0.29, 0.717) is 11.3 Å². The minimum atomic E-state index is -0.0354. The number of ketones is 1. The molecule has 2 aromatic heterocycles. The molecule has 0 aliphatic carbocycles. The predicted molar refractivity (Wildman–Crippen MR) is 94.2 cm³/mol. The molecule has 5 heteroatoms. The molecule has 1 aromatic carbocycles. The zero-order valence-electron chi connectivity index (χ0n) is 13.4. The first-order chi connectivity index (χ1) is 11.0. The lowest BCUT2D eigenvalue weighted by Crippen LogP contribution is -2.11. The van der Waals surface area contributed by atoms with Crippen LogP contribution in [-0.2, 0) is 0 Å². The van der Waals surface area contributed by atoms with Crippen LogP contribution in [0.4, 0.5) is 0 Å². The number of thiol groups is 1. The molecule has 0 fully saturated rings. The molecule has 0 N–H and O–H groups in total. The summed E-state index contributed by atoms with van der Waals surface area (Å²) in [7, 11) is 0. The van der Waals surface area contributed by atoms with E-state index in [1.54, 1.807) is 16.8 Å². The molecular formula is C18H19N3OS. The fourth-order valence-electron chi connectivity index (χ4n) is 2.44. The van der Waals surface area contributed by atoms with Crippen LogP contribution in [0.5, 0.6) is 0 Å². The average Bonchev–Trinajstić information content (AvgIpc) is 3.00. The molecule has 23 heavy (non-hydrogen) atoms. The van der Waals surface area contributed by atoms with Crippen LogP contribution >= 0.6 is 12.6 Å². The van der Waals surface area contributed by atoms with Gasteiger partial charge in [0.15, 0.2) is 11.4 Å². The van der Waals surface area contributed by atoms with E-state index >= 15 is 0 Å². The monoisotopic (exact) mass is 325 g/mol. The fraction of sp³-hybridized carbons (Fsp3) is 0.278.